The number of carbonyl (C=O) groups is 1. The standard InChI is InChI=1S/C16H17N5O3/c1-10-16-12(20(2)18-10)8-21(19-16)9-15(22)17-11-3-4-13-14(7-11)24-6-5-23-13/h3-4,7-8H,5-6,9H2,1-2H3,(H,17,22). The van der Waals surface area contributed by atoms with Crippen molar-refractivity contribution < 1.29 is 14.3 Å². The van der Waals surface area contributed by atoms with E-state index in [-0.39, 0.29) is 12.5 Å². The Balaban J connectivity index is 1.48. The summed E-state index contributed by atoms with van der Waals surface area (Å²) in [7, 11) is 1.86. The number of nitrogens with one attached hydrogen (secondary N) is 1. The van der Waals surface area contributed by atoms with E-state index in [1.54, 1.807) is 27.6 Å². The quantitative estimate of drug-likeness (QED) is 0.788. The van der Waals surface area contributed by atoms with Gasteiger partial charge in [0.2, 0.25) is 5.91 Å². The summed E-state index contributed by atoms with van der Waals surface area (Å²) in [6.07, 6.45) is 1.82. The molecule has 1 aliphatic rings. The normalized spacial score (nSPS) is 13.2. The van der Waals surface area contributed by atoms with Crippen LogP contribution in [0.3, 0.4) is 0 Å². The first-order chi connectivity index (χ1) is 11.6. The number of hydrogen-bond acceptors (Lipinski definition) is 5. The minimum absolute atomic E-state index is 0.128. The third-order valence-corrected chi connectivity index (χ3v) is 3.87. The lowest BCUT2D eigenvalue weighted by Gasteiger charge is -2.19. The van der Waals surface area contributed by atoms with E-state index < -0.39 is 0 Å². The Morgan fingerprint density at radius 1 is 1.25 bits per heavy atom. The second-order valence-corrected chi connectivity index (χ2v) is 5.68. The Morgan fingerprint density at radius 2 is 2.04 bits per heavy atom. The first kappa shape index (κ1) is 14.6. The van der Waals surface area contributed by atoms with Crippen LogP contribution in [0.5, 0.6) is 11.5 Å². The average Bonchev–Trinajstić information content (AvgIpc) is 3.08. The number of hydrogen-bond donors (Lipinski definition) is 1. The number of aryl methyl sites for hydroxylation is 2. The van der Waals surface area contributed by atoms with Gasteiger partial charge in [0.05, 0.1) is 11.9 Å². The molecule has 0 fully saturated rings. The van der Waals surface area contributed by atoms with Crippen molar-refractivity contribution in [2.45, 2.75) is 13.5 Å². The zero-order chi connectivity index (χ0) is 16.7. The van der Waals surface area contributed by atoms with Crippen LogP contribution in [0.4, 0.5) is 5.69 Å². The van der Waals surface area contributed by atoms with Crippen molar-refractivity contribution in [3.05, 3.63) is 30.1 Å². The molecule has 0 radical (unpaired) electrons. The Labute approximate surface area is 138 Å². The van der Waals surface area contributed by atoms with Crippen LogP contribution in [0, 0.1) is 6.92 Å². The van der Waals surface area contributed by atoms with Gasteiger partial charge in [-0.05, 0) is 19.1 Å². The second-order valence-electron chi connectivity index (χ2n) is 5.68. The number of anilines is 1. The van der Waals surface area contributed by atoms with E-state index in [1.807, 2.05) is 20.2 Å². The molecule has 1 N–H and O–H groups in total. The van der Waals surface area contributed by atoms with E-state index in [4.69, 9.17) is 9.47 Å². The number of nitrogens with zero attached hydrogens (tertiary/aromatic N) is 4. The van der Waals surface area contributed by atoms with Crippen molar-refractivity contribution in [2.75, 3.05) is 18.5 Å². The highest BCUT2D eigenvalue weighted by Crippen LogP contribution is 2.32. The minimum atomic E-state index is -0.162. The minimum Gasteiger partial charge on any atom is -0.486 e. The molecule has 0 bridgehead atoms. The number of carbonyl (C=O) groups excluding carboxylic acids is 1. The Kier molecular flexibility index (Phi) is 3.37. The molecule has 3 aromatic rings. The lowest BCUT2D eigenvalue weighted by molar-refractivity contribution is -0.116. The molecule has 1 amide bonds. The predicted octanol–water partition coefficient (Wildman–Crippen LogP) is 1.49. The summed E-state index contributed by atoms with van der Waals surface area (Å²) in [5, 5.41) is 11.6. The number of fused-ring (bicyclic) bond motifs is 2. The molecule has 3 heterocycles. The fourth-order valence-corrected chi connectivity index (χ4v) is 2.78. The molecule has 4 rings (SSSR count). The van der Waals surface area contributed by atoms with Gasteiger partial charge in [-0.15, -0.1) is 0 Å². The first-order valence-electron chi connectivity index (χ1n) is 7.66. The molecule has 24 heavy (non-hydrogen) atoms. The van der Waals surface area contributed by atoms with Gasteiger partial charge >= 0.3 is 0 Å². The smallest absolute Gasteiger partial charge is 0.246 e. The molecule has 2 aromatic heterocycles. The molecule has 1 aliphatic heterocycles. The summed E-state index contributed by atoms with van der Waals surface area (Å²) in [4.78, 5) is 12.3. The molecule has 8 heteroatoms. The van der Waals surface area contributed by atoms with Crippen LogP contribution in [0.25, 0.3) is 11.0 Å². The number of amides is 1. The highest BCUT2D eigenvalue weighted by Gasteiger charge is 2.14. The lowest BCUT2D eigenvalue weighted by Crippen LogP contribution is -2.20. The topological polar surface area (TPSA) is 83.2 Å². The van der Waals surface area contributed by atoms with E-state index in [0.29, 0.717) is 30.4 Å². The second kappa shape index (κ2) is 5.55. The van der Waals surface area contributed by atoms with Crippen LogP contribution in [-0.4, -0.2) is 38.7 Å². The number of benzene rings is 1. The van der Waals surface area contributed by atoms with E-state index >= 15 is 0 Å². The molecule has 0 unspecified atom stereocenters. The van der Waals surface area contributed by atoms with Gasteiger partial charge in [0, 0.05) is 18.8 Å². The largest absolute Gasteiger partial charge is 0.486 e. The Bertz CT molecular complexity index is 893. The van der Waals surface area contributed by atoms with Gasteiger partial charge in [-0.25, -0.2) is 0 Å². The van der Waals surface area contributed by atoms with E-state index in [9.17, 15) is 4.79 Å². The summed E-state index contributed by atoms with van der Waals surface area (Å²) in [6, 6.07) is 5.35. The third-order valence-electron chi connectivity index (χ3n) is 3.87. The highest BCUT2D eigenvalue weighted by atomic mass is 16.6. The van der Waals surface area contributed by atoms with Crippen LogP contribution in [0.2, 0.25) is 0 Å². The van der Waals surface area contributed by atoms with Gasteiger partial charge in [0.1, 0.15) is 30.8 Å². The molecule has 8 nitrogen and oxygen atoms in total. The number of aromatic nitrogens is 4. The van der Waals surface area contributed by atoms with Crippen molar-refractivity contribution in [3.8, 4) is 11.5 Å². The zero-order valence-electron chi connectivity index (χ0n) is 13.4. The summed E-state index contributed by atoms with van der Waals surface area (Å²) < 4.78 is 14.4. The number of ether oxygens (including phenoxy) is 2. The van der Waals surface area contributed by atoms with Gasteiger partial charge in [-0.1, -0.05) is 0 Å². The van der Waals surface area contributed by atoms with Crippen molar-refractivity contribution >= 4 is 22.6 Å². The van der Waals surface area contributed by atoms with Gasteiger partial charge in [0.15, 0.2) is 11.5 Å². The SMILES string of the molecule is Cc1nn(C)c2cn(CC(=O)Nc3ccc4c(c3)OCCO4)nc12. The maximum Gasteiger partial charge on any atom is 0.246 e. The maximum atomic E-state index is 12.3. The molecular weight excluding hydrogens is 310 g/mol. The van der Waals surface area contributed by atoms with Crippen molar-refractivity contribution in [2.24, 2.45) is 7.05 Å². The molecule has 0 saturated heterocycles. The third kappa shape index (κ3) is 2.55. The summed E-state index contributed by atoms with van der Waals surface area (Å²) in [5.41, 5.74) is 3.22. The van der Waals surface area contributed by atoms with Gasteiger partial charge < -0.3 is 14.8 Å². The summed E-state index contributed by atoms with van der Waals surface area (Å²) in [5.74, 6) is 1.18. The van der Waals surface area contributed by atoms with E-state index in [1.165, 1.54) is 0 Å². The van der Waals surface area contributed by atoms with Crippen LogP contribution in [0.1, 0.15) is 5.69 Å². The molecule has 0 spiro atoms. The van der Waals surface area contributed by atoms with Crippen molar-refractivity contribution in [3.63, 3.8) is 0 Å². The molecule has 124 valence electrons. The monoisotopic (exact) mass is 327 g/mol. The van der Waals surface area contributed by atoms with E-state index in [2.05, 4.69) is 15.5 Å². The molecular formula is C16H17N5O3. The van der Waals surface area contributed by atoms with Crippen LogP contribution in [-0.2, 0) is 18.4 Å². The van der Waals surface area contributed by atoms with Gasteiger partial charge in [-0.3, -0.25) is 14.2 Å². The molecule has 0 saturated carbocycles. The van der Waals surface area contributed by atoms with Gasteiger partial charge in [-0.2, -0.15) is 10.2 Å². The molecule has 1 aromatic carbocycles. The average molecular weight is 327 g/mol. The summed E-state index contributed by atoms with van der Waals surface area (Å²) >= 11 is 0. The Morgan fingerprint density at radius 3 is 2.83 bits per heavy atom. The predicted molar refractivity (Wildman–Crippen MR) is 87.3 cm³/mol. The van der Waals surface area contributed by atoms with Crippen molar-refractivity contribution in [1.29, 1.82) is 0 Å². The fourth-order valence-electron chi connectivity index (χ4n) is 2.78. The molecule has 0 aliphatic carbocycles. The first-order valence-corrected chi connectivity index (χ1v) is 7.66. The number of rotatable bonds is 3. The van der Waals surface area contributed by atoms with Crippen LogP contribution < -0.4 is 14.8 Å². The van der Waals surface area contributed by atoms with E-state index in [0.717, 1.165) is 16.7 Å². The fraction of sp³-hybridized carbons (Fsp3) is 0.312. The highest BCUT2D eigenvalue weighted by molar-refractivity contribution is 5.91. The van der Waals surface area contributed by atoms with Gasteiger partial charge in [0.25, 0.3) is 0 Å². The lowest BCUT2D eigenvalue weighted by atomic mass is 10.2. The Hall–Kier alpha value is -3.03. The summed E-state index contributed by atoms with van der Waals surface area (Å²) in [6.45, 7) is 3.08. The maximum absolute atomic E-state index is 12.3. The van der Waals surface area contributed by atoms with Crippen molar-refractivity contribution in [1.82, 2.24) is 19.6 Å². The zero-order valence-corrected chi connectivity index (χ0v) is 13.4. The molecule has 0 atom stereocenters. The van der Waals surface area contributed by atoms with Crippen LogP contribution in [0.15, 0.2) is 24.4 Å². The van der Waals surface area contributed by atoms with Crippen LogP contribution >= 0.6 is 0 Å².